The molecule has 2 rings (SSSR count). The maximum absolute atomic E-state index is 10.5. The molecule has 0 aliphatic carbocycles. The summed E-state index contributed by atoms with van der Waals surface area (Å²) >= 11 is 0. The zero-order chi connectivity index (χ0) is 11.5. The smallest absolute Gasteiger partial charge is 0.303 e. The van der Waals surface area contributed by atoms with Crippen LogP contribution in [0, 0.1) is 17.2 Å². The van der Waals surface area contributed by atoms with Gasteiger partial charge in [0.15, 0.2) is 0 Å². The minimum Gasteiger partial charge on any atom is -0.481 e. The summed E-state index contributed by atoms with van der Waals surface area (Å²) in [5.74, 6) is -0.518. The Kier molecular flexibility index (Phi) is 2.73. The Morgan fingerprint density at radius 3 is 2.88 bits per heavy atom. The third-order valence-corrected chi connectivity index (χ3v) is 2.65. The van der Waals surface area contributed by atoms with Crippen LogP contribution in [0.3, 0.4) is 0 Å². The maximum Gasteiger partial charge on any atom is 0.303 e. The highest BCUT2D eigenvalue weighted by Gasteiger charge is 2.28. The second-order valence-corrected chi connectivity index (χ2v) is 3.88. The molecule has 1 aromatic rings. The second-order valence-electron chi connectivity index (χ2n) is 3.88. The molecule has 1 fully saturated rings. The standard InChI is InChI=1S/C11H11N3O2/c12-4-9-1-2-10(5-13-9)14-6-8(7-14)3-11(15)16/h1-2,5,8H,3,6-7H2,(H,15,16). The van der Waals surface area contributed by atoms with E-state index in [9.17, 15) is 4.79 Å². The number of pyridine rings is 1. The summed E-state index contributed by atoms with van der Waals surface area (Å²) in [6, 6.07) is 5.46. The lowest BCUT2D eigenvalue weighted by Crippen LogP contribution is -2.47. The minimum atomic E-state index is -0.748. The number of carbonyl (C=O) groups is 1. The SMILES string of the molecule is N#Cc1ccc(N2CC(CC(=O)O)C2)cn1. The average Bonchev–Trinajstić information content (AvgIpc) is 2.23. The molecule has 5 nitrogen and oxygen atoms in total. The van der Waals surface area contributed by atoms with Gasteiger partial charge in [-0.3, -0.25) is 4.79 Å². The van der Waals surface area contributed by atoms with Crippen LogP contribution in [0.1, 0.15) is 12.1 Å². The van der Waals surface area contributed by atoms with Gasteiger partial charge in [0.05, 0.1) is 18.3 Å². The molecular formula is C11H11N3O2. The number of nitriles is 1. The molecule has 2 heterocycles. The number of hydrogen-bond acceptors (Lipinski definition) is 4. The Balaban J connectivity index is 1.91. The molecule has 0 atom stereocenters. The highest BCUT2D eigenvalue weighted by Crippen LogP contribution is 2.25. The summed E-state index contributed by atoms with van der Waals surface area (Å²) in [6.45, 7) is 1.50. The van der Waals surface area contributed by atoms with Gasteiger partial charge in [-0.15, -0.1) is 0 Å². The van der Waals surface area contributed by atoms with Gasteiger partial charge in [-0.1, -0.05) is 0 Å². The van der Waals surface area contributed by atoms with Crippen molar-refractivity contribution in [3.05, 3.63) is 24.0 Å². The number of carboxylic acid groups (broad SMARTS) is 1. The fraction of sp³-hybridized carbons (Fsp3) is 0.364. The van der Waals surface area contributed by atoms with Crippen molar-refractivity contribution in [2.24, 2.45) is 5.92 Å². The predicted octanol–water partition coefficient (Wildman–Crippen LogP) is 0.864. The van der Waals surface area contributed by atoms with E-state index < -0.39 is 5.97 Å². The molecule has 5 heteroatoms. The molecule has 0 spiro atoms. The second kappa shape index (κ2) is 4.19. The third-order valence-electron chi connectivity index (χ3n) is 2.65. The first kappa shape index (κ1) is 10.4. The average molecular weight is 217 g/mol. The van der Waals surface area contributed by atoms with Crippen molar-refractivity contribution >= 4 is 11.7 Å². The molecule has 16 heavy (non-hydrogen) atoms. The summed E-state index contributed by atoms with van der Waals surface area (Å²) in [5, 5.41) is 17.2. The number of aliphatic carboxylic acids is 1. The van der Waals surface area contributed by atoms with Crippen molar-refractivity contribution in [1.29, 1.82) is 5.26 Å². The van der Waals surface area contributed by atoms with Crippen molar-refractivity contribution in [1.82, 2.24) is 4.98 Å². The van der Waals surface area contributed by atoms with Crippen LogP contribution in [0.4, 0.5) is 5.69 Å². The summed E-state index contributed by atoms with van der Waals surface area (Å²) in [7, 11) is 0. The van der Waals surface area contributed by atoms with Gasteiger partial charge in [0.1, 0.15) is 11.8 Å². The van der Waals surface area contributed by atoms with Crippen LogP contribution in [0.15, 0.2) is 18.3 Å². The van der Waals surface area contributed by atoms with Crippen molar-refractivity contribution in [3.63, 3.8) is 0 Å². The normalized spacial score (nSPS) is 15.3. The molecule has 0 saturated carbocycles. The predicted molar refractivity (Wildman–Crippen MR) is 56.9 cm³/mol. The van der Waals surface area contributed by atoms with Crippen LogP contribution in [0.5, 0.6) is 0 Å². The van der Waals surface area contributed by atoms with Crippen molar-refractivity contribution < 1.29 is 9.90 Å². The van der Waals surface area contributed by atoms with Crippen LogP contribution in [0.25, 0.3) is 0 Å². The van der Waals surface area contributed by atoms with Crippen molar-refractivity contribution in [2.75, 3.05) is 18.0 Å². The van der Waals surface area contributed by atoms with Gasteiger partial charge >= 0.3 is 5.97 Å². The van der Waals surface area contributed by atoms with Gasteiger partial charge in [-0.2, -0.15) is 5.26 Å². The molecule has 82 valence electrons. The van der Waals surface area contributed by atoms with Gasteiger partial charge in [0.25, 0.3) is 0 Å². The summed E-state index contributed by atoms with van der Waals surface area (Å²) in [6.07, 6.45) is 1.87. The van der Waals surface area contributed by atoms with Crippen LogP contribution >= 0.6 is 0 Å². The molecule has 1 aliphatic heterocycles. The van der Waals surface area contributed by atoms with Gasteiger partial charge in [-0.25, -0.2) is 4.98 Å². The lowest BCUT2D eigenvalue weighted by molar-refractivity contribution is -0.138. The Bertz CT molecular complexity index is 430. The molecule has 0 bridgehead atoms. The fourth-order valence-electron chi connectivity index (χ4n) is 1.80. The number of anilines is 1. The first-order valence-corrected chi connectivity index (χ1v) is 5.02. The zero-order valence-corrected chi connectivity index (χ0v) is 8.63. The number of aromatic nitrogens is 1. The lowest BCUT2D eigenvalue weighted by Gasteiger charge is -2.40. The first-order valence-electron chi connectivity index (χ1n) is 5.02. The van der Waals surface area contributed by atoms with E-state index in [1.54, 1.807) is 12.3 Å². The molecule has 0 unspecified atom stereocenters. The van der Waals surface area contributed by atoms with E-state index in [-0.39, 0.29) is 12.3 Å². The fourth-order valence-corrected chi connectivity index (χ4v) is 1.80. The van der Waals surface area contributed by atoms with Gasteiger partial charge < -0.3 is 10.0 Å². The zero-order valence-electron chi connectivity index (χ0n) is 8.63. The first-order chi connectivity index (χ1) is 7.69. The Hall–Kier alpha value is -2.09. The molecular weight excluding hydrogens is 206 g/mol. The Morgan fingerprint density at radius 2 is 2.38 bits per heavy atom. The van der Waals surface area contributed by atoms with Crippen LogP contribution in [-0.4, -0.2) is 29.1 Å². The van der Waals surface area contributed by atoms with Crippen molar-refractivity contribution in [2.45, 2.75) is 6.42 Å². The lowest BCUT2D eigenvalue weighted by atomic mass is 9.96. The third kappa shape index (κ3) is 2.11. The maximum atomic E-state index is 10.5. The monoisotopic (exact) mass is 217 g/mol. The summed E-state index contributed by atoms with van der Waals surface area (Å²) in [4.78, 5) is 16.5. The van der Waals surface area contributed by atoms with Gasteiger partial charge in [-0.05, 0) is 12.1 Å². The molecule has 0 amide bonds. The Morgan fingerprint density at radius 1 is 1.62 bits per heavy atom. The van der Waals surface area contributed by atoms with Gasteiger partial charge in [0.2, 0.25) is 0 Å². The van der Waals surface area contributed by atoms with Crippen LogP contribution in [-0.2, 0) is 4.79 Å². The molecule has 1 aliphatic rings. The van der Waals surface area contributed by atoms with E-state index in [0.29, 0.717) is 5.69 Å². The van der Waals surface area contributed by atoms with E-state index in [1.165, 1.54) is 0 Å². The largest absolute Gasteiger partial charge is 0.481 e. The topological polar surface area (TPSA) is 77.2 Å². The summed E-state index contributed by atoms with van der Waals surface area (Å²) in [5.41, 5.74) is 1.34. The van der Waals surface area contributed by atoms with Crippen LogP contribution in [0.2, 0.25) is 0 Å². The molecule has 1 saturated heterocycles. The van der Waals surface area contributed by atoms with E-state index in [2.05, 4.69) is 9.88 Å². The molecule has 0 aromatic carbocycles. The number of carboxylic acids is 1. The molecule has 1 aromatic heterocycles. The highest BCUT2D eigenvalue weighted by atomic mass is 16.4. The number of rotatable bonds is 3. The van der Waals surface area contributed by atoms with Crippen molar-refractivity contribution in [3.8, 4) is 6.07 Å². The molecule has 0 radical (unpaired) electrons. The summed E-state index contributed by atoms with van der Waals surface area (Å²) < 4.78 is 0. The van der Waals surface area contributed by atoms with Crippen LogP contribution < -0.4 is 4.90 Å². The van der Waals surface area contributed by atoms with E-state index >= 15 is 0 Å². The number of hydrogen-bond donors (Lipinski definition) is 1. The molecule has 1 N–H and O–H groups in total. The quantitative estimate of drug-likeness (QED) is 0.812. The minimum absolute atomic E-state index is 0.222. The Labute approximate surface area is 92.9 Å². The number of nitrogens with zero attached hydrogens (tertiary/aromatic N) is 3. The van der Waals surface area contributed by atoms with Gasteiger partial charge in [0, 0.05) is 19.0 Å². The van der Waals surface area contributed by atoms with E-state index in [4.69, 9.17) is 10.4 Å². The van der Waals surface area contributed by atoms with E-state index in [1.807, 2.05) is 12.1 Å². The van der Waals surface area contributed by atoms with E-state index in [0.717, 1.165) is 18.8 Å². The highest BCUT2D eigenvalue weighted by molar-refractivity contribution is 5.67.